The first-order chi connectivity index (χ1) is 14.3. The van der Waals surface area contributed by atoms with E-state index in [1.807, 2.05) is 18.7 Å². The third kappa shape index (κ3) is 5.98. The lowest BCUT2D eigenvalue weighted by Gasteiger charge is -2.38. The molecular formula is C22H35N5O3. The summed E-state index contributed by atoms with van der Waals surface area (Å²) in [6, 6.07) is 0.236. The van der Waals surface area contributed by atoms with Gasteiger partial charge in [-0.15, -0.1) is 0 Å². The lowest BCUT2D eigenvalue weighted by molar-refractivity contribution is -0.120. The van der Waals surface area contributed by atoms with Gasteiger partial charge in [-0.2, -0.15) is 0 Å². The molecule has 3 heterocycles. The number of hydrogen-bond acceptors (Lipinski definition) is 6. The Balaban J connectivity index is 1.52. The minimum absolute atomic E-state index is 0.0184. The lowest BCUT2D eigenvalue weighted by Crippen LogP contribution is -2.50. The monoisotopic (exact) mass is 417 g/mol. The molecule has 166 valence electrons. The van der Waals surface area contributed by atoms with Crippen molar-refractivity contribution in [3.05, 3.63) is 23.8 Å². The summed E-state index contributed by atoms with van der Waals surface area (Å²) in [4.78, 5) is 36.8. The van der Waals surface area contributed by atoms with Crippen molar-refractivity contribution in [1.82, 2.24) is 25.1 Å². The summed E-state index contributed by atoms with van der Waals surface area (Å²) < 4.78 is 0. The molecule has 3 rings (SSSR count). The van der Waals surface area contributed by atoms with Crippen molar-refractivity contribution < 1.29 is 14.7 Å². The maximum Gasteiger partial charge on any atom is 0.256 e. The van der Waals surface area contributed by atoms with E-state index < -0.39 is 5.60 Å². The highest BCUT2D eigenvalue weighted by atomic mass is 16.3. The summed E-state index contributed by atoms with van der Waals surface area (Å²) in [5.41, 5.74) is -0.279. The van der Waals surface area contributed by atoms with Crippen LogP contribution < -0.4 is 5.32 Å². The number of β-amino-alcohol motifs (C(OH)–C–C–N with tert-alkyl or cyclic N) is 1. The minimum atomic E-state index is -0.784. The SMILES string of the molecule is CC(=O)NC1CCN(C[C@@]2(O)CCCN(C(=O)c3cnc(C(C)C)nc3)CC2)CC1. The Morgan fingerprint density at radius 3 is 2.43 bits per heavy atom. The molecule has 0 unspecified atom stereocenters. The number of hydrogen-bond donors (Lipinski definition) is 2. The summed E-state index contributed by atoms with van der Waals surface area (Å²) in [6.45, 7) is 9.13. The van der Waals surface area contributed by atoms with Gasteiger partial charge in [-0.05, 0) is 32.1 Å². The van der Waals surface area contributed by atoms with E-state index in [-0.39, 0.29) is 23.8 Å². The molecule has 8 heteroatoms. The molecule has 2 N–H and O–H groups in total. The van der Waals surface area contributed by atoms with E-state index in [9.17, 15) is 14.7 Å². The average molecular weight is 418 g/mol. The van der Waals surface area contributed by atoms with Crippen LogP contribution in [0.4, 0.5) is 0 Å². The number of piperidine rings is 1. The normalized spacial score (nSPS) is 24.0. The highest BCUT2D eigenvalue weighted by Crippen LogP contribution is 2.26. The minimum Gasteiger partial charge on any atom is -0.388 e. The molecule has 0 spiro atoms. The summed E-state index contributed by atoms with van der Waals surface area (Å²) in [6.07, 6.45) is 7.07. The number of nitrogens with one attached hydrogen (secondary N) is 1. The predicted molar refractivity (Wildman–Crippen MR) is 114 cm³/mol. The summed E-state index contributed by atoms with van der Waals surface area (Å²) >= 11 is 0. The van der Waals surface area contributed by atoms with Crippen molar-refractivity contribution in [3.8, 4) is 0 Å². The molecule has 2 fully saturated rings. The second kappa shape index (κ2) is 9.83. The Labute approximate surface area is 179 Å². The predicted octanol–water partition coefficient (Wildman–Crippen LogP) is 1.56. The van der Waals surface area contributed by atoms with Crippen molar-refractivity contribution >= 4 is 11.8 Å². The third-order valence-corrected chi connectivity index (χ3v) is 6.15. The summed E-state index contributed by atoms with van der Waals surface area (Å²) in [5.74, 6) is 0.917. The maximum atomic E-state index is 12.9. The molecule has 2 saturated heterocycles. The van der Waals surface area contributed by atoms with Gasteiger partial charge in [0, 0.05) is 64.0 Å². The Bertz CT molecular complexity index is 731. The van der Waals surface area contributed by atoms with Gasteiger partial charge in [0.05, 0.1) is 11.2 Å². The van der Waals surface area contributed by atoms with Crippen LogP contribution in [0.15, 0.2) is 12.4 Å². The van der Waals surface area contributed by atoms with Gasteiger partial charge in [0.1, 0.15) is 5.82 Å². The smallest absolute Gasteiger partial charge is 0.256 e. The molecule has 0 radical (unpaired) electrons. The second-order valence-corrected chi connectivity index (χ2v) is 9.11. The van der Waals surface area contributed by atoms with Crippen molar-refractivity contribution in [2.45, 2.75) is 70.4 Å². The number of likely N-dealkylation sites (tertiary alicyclic amines) is 2. The Morgan fingerprint density at radius 1 is 1.17 bits per heavy atom. The lowest BCUT2D eigenvalue weighted by atomic mass is 9.93. The van der Waals surface area contributed by atoms with E-state index in [0.717, 1.165) is 38.2 Å². The molecule has 0 bridgehead atoms. The largest absolute Gasteiger partial charge is 0.388 e. The van der Waals surface area contributed by atoms with Crippen molar-refractivity contribution in [1.29, 1.82) is 0 Å². The van der Waals surface area contributed by atoms with Crippen LogP contribution >= 0.6 is 0 Å². The molecule has 0 saturated carbocycles. The molecule has 1 aromatic heterocycles. The zero-order valence-corrected chi connectivity index (χ0v) is 18.4. The Morgan fingerprint density at radius 2 is 1.83 bits per heavy atom. The fourth-order valence-corrected chi connectivity index (χ4v) is 4.41. The van der Waals surface area contributed by atoms with Crippen LogP contribution in [0.25, 0.3) is 0 Å². The van der Waals surface area contributed by atoms with E-state index in [4.69, 9.17) is 0 Å². The van der Waals surface area contributed by atoms with Crippen LogP contribution in [0.2, 0.25) is 0 Å². The standard InChI is InChI=1S/C22H35N5O3/c1-16(2)20-23-13-18(14-24-20)21(29)27-9-4-7-22(30,8-12-27)15-26-10-5-19(6-11-26)25-17(3)28/h13-14,16,19,30H,4-12,15H2,1-3H3,(H,25,28)/t22-/m1/s1. The zero-order valence-electron chi connectivity index (χ0n) is 18.4. The van der Waals surface area contributed by atoms with E-state index in [2.05, 4.69) is 20.2 Å². The van der Waals surface area contributed by atoms with Crippen LogP contribution in [0.3, 0.4) is 0 Å². The van der Waals surface area contributed by atoms with Crippen LogP contribution in [0.1, 0.15) is 75.0 Å². The molecule has 1 aromatic rings. The number of nitrogens with zero attached hydrogens (tertiary/aromatic N) is 4. The average Bonchev–Trinajstić information content (AvgIpc) is 2.90. The topological polar surface area (TPSA) is 98.7 Å². The second-order valence-electron chi connectivity index (χ2n) is 9.11. The van der Waals surface area contributed by atoms with Gasteiger partial charge in [-0.1, -0.05) is 13.8 Å². The molecule has 2 aliphatic rings. The number of carbonyl (C=O) groups is 2. The van der Waals surface area contributed by atoms with Crippen LogP contribution in [-0.2, 0) is 4.79 Å². The van der Waals surface area contributed by atoms with Crippen molar-refractivity contribution in [2.24, 2.45) is 0 Å². The van der Waals surface area contributed by atoms with Gasteiger partial charge in [0.25, 0.3) is 5.91 Å². The maximum absolute atomic E-state index is 12.9. The first-order valence-electron chi connectivity index (χ1n) is 11.1. The number of aromatic nitrogens is 2. The molecule has 1 atom stereocenters. The molecule has 8 nitrogen and oxygen atoms in total. The molecule has 0 aliphatic carbocycles. The fraction of sp³-hybridized carbons (Fsp3) is 0.727. The number of amides is 2. The highest BCUT2D eigenvalue weighted by Gasteiger charge is 2.34. The Kier molecular flexibility index (Phi) is 7.41. The van der Waals surface area contributed by atoms with Gasteiger partial charge in [0.2, 0.25) is 5.91 Å². The van der Waals surface area contributed by atoms with Crippen molar-refractivity contribution in [3.63, 3.8) is 0 Å². The number of carbonyl (C=O) groups excluding carboxylic acids is 2. The molecule has 2 aliphatic heterocycles. The van der Waals surface area contributed by atoms with Gasteiger partial charge < -0.3 is 20.2 Å². The van der Waals surface area contributed by atoms with Gasteiger partial charge >= 0.3 is 0 Å². The molecule has 30 heavy (non-hydrogen) atoms. The van der Waals surface area contributed by atoms with Gasteiger partial charge in [0.15, 0.2) is 0 Å². The van der Waals surface area contributed by atoms with Crippen LogP contribution in [0, 0.1) is 0 Å². The fourth-order valence-electron chi connectivity index (χ4n) is 4.41. The van der Waals surface area contributed by atoms with E-state index in [1.54, 1.807) is 19.3 Å². The van der Waals surface area contributed by atoms with E-state index >= 15 is 0 Å². The molecule has 2 amide bonds. The zero-order chi connectivity index (χ0) is 21.7. The van der Waals surface area contributed by atoms with Crippen molar-refractivity contribution in [2.75, 3.05) is 32.7 Å². The highest BCUT2D eigenvalue weighted by molar-refractivity contribution is 5.93. The quantitative estimate of drug-likeness (QED) is 0.754. The first-order valence-corrected chi connectivity index (χ1v) is 11.1. The molecule has 0 aromatic carbocycles. The summed E-state index contributed by atoms with van der Waals surface area (Å²) in [5, 5.41) is 14.2. The third-order valence-electron chi connectivity index (χ3n) is 6.15. The summed E-state index contributed by atoms with van der Waals surface area (Å²) in [7, 11) is 0. The first kappa shape index (κ1) is 22.6. The van der Waals surface area contributed by atoms with E-state index in [0.29, 0.717) is 38.0 Å². The van der Waals surface area contributed by atoms with Crippen LogP contribution in [0.5, 0.6) is 0 Å². The molecular weight excluding hydrogens is 382 g/mol. The van der Waals surface area contributed by atoms with Gasteiger partial charge in [-0.25, -0.2) is 9.97 Å². The number of rotatable bonds is 5. The van der Waals surface area contributed by atoms with Gasteiger partial charge in [-0.3, -0.25) is 9.59 Å². The van der Waals surface area contributed by atoms with E-state index in [1.165, 1.54) is 0 Å². The number of aliphatic hydroxyl groups is 1. The Hall–Kier alpha value is -2.06. The van der Waals surface area contributed by atoms with Crippen LogP contribution in [-0.4, -0.2) is 81.1 Å².